The zero-order valence-electron chi connectivity index (χ0n) is 11.6. The molecule has 0 aliphatic carbocycles. The lowest BCUT2D eigenvalue weighted by Crippen LogP contribution is -2.53. The average Bonchev–Trinajstić information content (AvgIpc) is 2.40. The lowest BCUT2D eigenvalue weighted by atomic mass is 10.1. The Hall–Kier alpha value is -0.810. The Bertz CT molecular complexity index is 236. The van der Waals surface area contributed by atoms with E-state index in [9.17, 15) is 4.79 Å². The largest absolute Gasteiger partial charge is 0.449 e. The third-order valence-corrected chi connectivity index (χ3v) is 3.19. The van der Waals surface area contributed by atoms with E-state index in [0.717, 1.165) is 51.9 Å². The van der Waals surface area contributed by atoms with E-state index in [1.807, 2.05) is 4.90 Å². The highest BCUT2D eigenvalue weighted by molar-refractivity contribution is 5.68. The van der Waals surface area contributed by atoms with Crippen LogP contribution in [0.15, 0.2) is 0 Å². The molecule has 0 spiro atoms. The molecule has 1 rings (SSSR count). The fourth-order valence-corrected chi connectivity index (χ4v) is 2.11. The number of carbonyl (C=O) groups excluding carboxylic acids is 1. The molecular formula is C13H26N2O3. The van der Waals surface area contributed by atoms with Crippen LogP contribution in [0, 0.1) is 0 Å². The lowest BCUT2D eigenvalue weighted by Gasteiger charge is -2.35. The zero-order chi connectivity index (χ0) is 13.2. The Balaban J connectivity index is 2.35. The maximum absolute atomic E-state index is 12.0. The minimum Gasteiger partial charge on any atom is -0.449 e. The molecular weight excluding hydrogens is 232 g/mol. The molecule has 0 bridgehead atoms. The first-order chi connectivity index (χ1) is 8.79. The summed E-state index contributed by atoms with van der Waals surface area (Å²) in [6.07, 6.45) is 3.76. The van der Waals surface area contributed by atoms with Gasteiger partial charge in [0.2, 0.25) is 0 Å². The Morgan fingerprint density at radius 1 is 1.39 bits per heavy atom. The van der Waals surface area contributed by atoms with Crippen molar-refractivity contribution in [1.82, 2.24) is 10.2 Å². The Morgan fingerprint density at radius 2 is 2.22 bits per heavy atom. The van der Waals surface area contributed by atoms with Crippen LogP contribution in [0.3, 0.4) is 0 Å². The summed E-state index contributed by atoms with van der Waals surface area (Å²) < 4.78 is 10.3. The summed E-state index contributed by atoms with van der Waals surface area (Å²) >= 11 is 0. The van der Waals surface area contributed by atoms with Crippen molar-refractivity contribution in [3.8, 4) is 0 Å². The molecule has 0 aromatic rings. The number of unbranched alkanes of at least 4 members (excludes halogenated alkanes) is 1. The van der Waals surface area contributed by atoms with Crippen LogP contribution >= 0.6 is 0 Å². The van der Waals surface area contributed by atoms with Gasteiger partial charge in [0.1, 0.15) is 0 Å². The molecule has 1 amide bonds. The van der Waals surface area contributed by atoms with Crippen LogP contribution in [0.4, 0.5) is 4.79 Å². The van der Waals surface area contributed by atoms with Gasteiger partial charge in [-0.1, -0.05) is 13.3 Å². The highest BCUT2D eigenvalue weighted by Gasteiger charge is 2.26. The number of piperazine rings is 1. The van der Waals surface area contributed by atoms with Crippen LogP contribution in [-0.2, 0) is 9.47 Å². The van der Waals surface area contributed by atoms with Crippen molar-refractivity contribution in [2.24, 2.45) is 0 Å². The first-order valence-corrected chi connectivity index (χ1v) is 6.92. The van der Waals surface area contributed by atoms with Gasteiger partial charge in [-0.3, -0.25) is 0 Å². The SMILES string of the molecule is CCCCOC(=O)N1CCNCC1CCCOC. The number of hydrogen-bond acceptors (Lipinski definition) is 4. The Labute approximate surface area is 110 Å². The number of nitrogens with zero attached hydrogens (tertiary/aromatic N) is 1. The molecule has 1 atom stereocenters. The summed E-state index contributed by atoms with van der Waals surface area (Å²) in [6.45, 7) is 5.81. The Morgan fingerprint density at radius 3 is 2.94 bits per heavy atom. The smallest absolute Gasteiger partial charge is 0.410 e. The van der Waals surface area contributed by atoms with Crippen LogP contribution in [0.5, 0.6) is 0 Å². The third kappa shape index (κ3) is 5.23. The number of nitrogens with one attached hydrogen (secondary N) is 1. The fourth-order valence-electron chi connectivity index (χ4n) is 2.11. The zero-order valence-corrected chi connectivity index (χ0v) is 11.6. The van der Waals surface area contributed by atoms with Crippen molar-refractivity contribution in [2.75, 3.05) is 40.0 Å². The molecule has 5 heteroatoms. The van der Waals surface area contributed by atoms with Crippen molar-refractivity contribution in [3.05, 3.63) is 0 Å². The van der Waals surface area contributed by atoms with E-state index in [0.29, 0.717) is 6.61 Å². The second-order valence-corrected chi connectivity index (χ2v) is 4.65. The van der Waals surface area contributed by atoms with Crippen LogP contribution in [0.2, 0.25) is 0 Å². The fraction of sp³-hybridized carbons (Fsp3) is 0.923. The van der Waals surface area contributed by atoms with Crippen LogP contribution in [-0.4, -0.2) is 57.0 Å². The van der Waals surface area contributed by atoms with E-state index in [1.165, 1.54) is 0 Å². The van der Waals surface area contributed by atoms with Crippen molar-refractivity contribution in [3.63, 3.8) is 0 Å². The summed E-state index contributed by atoms with van der Waals surface area (Å²) in [5, 5.41) is 3.32. The maximum atomic E-state index is 12.0. The molecule has 18 heavy (non-hydrogen) atoms. The highest BCUT2D eigenvalue weighted by atomic mass is 16.6. The standard InChI is InChI=1S/C13H26N2O3/c1-3-4-10-18-13(16)15-8-7-14-11-12(15)6-5-9-17-2/h12,14H,3-11H2,1-2H3. The molecule has 106 valence electrons. The summed E-state index contributed by atoms with van der Waals surface area (Å²) in [7, 11) is 1.70. The van der Waals surface area contributed by atoms with Crippen LogP contribution in [0.1, 0.15) is 32.6 Å². The van der Waals surface area contributed by atoms with Crippen LogP contribution in [0.25, 0.3) is 0 Å². The van der Waals surface area contributed by atoms with E-state index in [2.05, 4.69) is 12.2 Å². The molecule has 0 saturated carbocycles. The van der Waals surface area contributed by atoms with E-state index in [4.69, 9.17) is 9.47 Å². The molecule has 0 aromatic carbocycles. The van der Waals surface area contributed by atoms with Crippen molar-refractivity contribution >= 4 is 6.09 Å². The van der Waals surface area contributed by atoms with Gasteiger partial charge in [-0.2, -0.15) is 0 Å². The van der Waals surface area contributed by atoms with Gasteiger partial charge in [-0.25, -0.2) is 4.79 Å². The summed E-state index contributed by atoms with van der Waals surface area (Å²) in [5.41, 5.74) is 0. The van der Waals surface area contributed by atoms with Gasteiger partial charge >= 0.3 is 6.09 Å². The first kappa shape index (κ1) is 15.2. The number of methoxy groups -OCH3 is 1. The molecule has 0 radical (unpaired) electrons. The highest BCUT2D eigenvalue weighted by Crippen LogP contribution is 2.11. The molecule has 1 saturated heterocycles. The van der Waals surface area contributed by atoms with Crippen molar-refractivity contribution < 1.29 is 14.3 Å². The molecule has 1 fully saturated rings. The molecule has 1 heterocycles. The molecule has 1 unspecified atom stereocenters. The van der Waals surface area contributed by atoms with Crippen LogP contribution < -0.4 is 5.32 Å². The van der Waals surface area contributed by atoms with Crippen molar-refractivity contribution in [2.45, 2.75) is 38.6 Å². The number of ether oxygens (including phenoxy) is 2. The quantitative estimate of drug-likeness (QED) is 0.705. The third-order valence-electron chi connectivity index (χ3n) is 3.19. The van der Waals surface area contributed by atoms with E-state index in [1.54, 1.807) is 7.11 Å². The minimum atomic E-state index is -0.160. The average molecular weight is 258 g/mol. The van der Waals surface area contributed by atoms with E-state index < -0.39 is 0 Å². The van der Waals surface area contributed by atoms with Gasteiger partial charge in [0.05, 0.1) is 6.61 Å². The van der Waals surface area contributed by atoms with Crippen molar-refractivity contribution in [1.29, 1.82) is 0 Å². The minimum absolute atomic E-state index is 0.160. The summed E-state index contributed by atoms with van der Waals surface area (Å²) in [4.78, 5) is 13.8. The number of rotatable bonds is 7. The monoisotopic (exact) mass is 258 g/mol. The van der Waals surface area contributed by atoms with Gasteiger partial charge in [0, 0.05) is 39.4 Å². The Kier molecular flexibility index (Phi) is 7.76. The van der Waals surface area contributed by atoms with Gasteiger partial charge in [-0.05, 0) is 19.3 Å². The molecule has 5 nitrogen and oxygen atoms in total. The second kappa shape index (κ2) is 9.16. The maximum Gasteiger partial charge on any atom is 0.410 e. The lowest BCUT2D eigenvalue weighted by molar-refractivity contribution is 0.0714. The van der Waals surface area contributed by atoms with Gasteiger partial charge in [0.25, 0.3) is 0 Å². The molecule has 1 aliphatic heterocycles. The topological polar surface area (TPSA) is 50.8 Å². The van der Waals surface area contributed by atoms with Gasteiger partial charge in [-0.15, -0.1) is 0 Å². The molecule has 0 aromatic heterocycles. The van der Waals surface area contributed by atoms with E-state index >= 15 is 0 Å². The predicted octanol–water partition coefficient (Wildman–Crippen LogP) is 1.62. The summed E-state index contributed by atoms with van der Waals surface area (Å²) in [6, 6.07) is 0.239. The molecule has 1 aliphatic rings. The second-order valence-electron chi connectivity index (χ2n) is 4.65. The molecule has 1 N–H and O–H groups in total. The van der Waals surface area contributed by atoms with Gasteiger partial charge < -0.3 is 19.7 Å². The first-order valence-electron chi connectivity index (χ1n) is 6.92. The van der Waals surface area contributed by atoms with Gasteiger partial charge in [0.15, 0.2) is 0 Å². The predicted molar refractivity (Wildman–Crippen MR) is 70.7 cm³/mol. The number of amides is 1. The van der Waals surface area contributed by atoms with E-state index in [-0.39, 0.29) is 12.1 Å². The number of carbonyl (C=O) groups is 1. The normalized spacial score (nSPS) is 19.9. The summed E-state index contributed by atoms with van der Waals surface area (Å²) in [5.74, 6) is 0. The number of hydrogen-bond donors (Lipinski definition) is 1.